The van der Waals surface area contributed by atoms with Gasteiger partial charge < -0.3 is 5.11 Å². The first kappa shape index (κ1) is 7.74. The van der Waals surface area contributed by atoms with Gasteiger partial charge in [0.25, 0.3) is 0 Å². The third-order valence-corrected chi connectivity index (χ3v) is 2.26. The standard InChI is InChI=1S/C10H11FO/c11-9-3-1-2-8(6-9)10(12)7-4-5-7/h1-3,6-7,10,12H,4-5H2/t10-/m1/s1. The van der Waals surface area contributed by atoms with Gasteiger partial charge in [0.15, 0.2) is 0 Å². The van der Waals surface area contributed by atoms with Crippen molar-refractivity contribution in [3.8, 4) is 0 Å². The zero-order valence-electron chi connectivity index (χ0n) is 6.70. The average molecular weight is 166 g/mol. The van der Waals surface area contributed by atoms with Crippen LogP contribution in [0.3, 0.4) is 0 Å². The largest absolute Gasteiger partial charge is 0.388 e. The van der Waals surface area contributed by atoms with Crippen molar-refractivity contribution < 1.29 is 9.50 Å². The van der Waals surface area contributed by atoms with Gasteiger partial charge in [0.05, 0.1) is 6.10 Å². The van der Waals surface area contributed by atoms with Crippen molar-refractivity contribution >= 4 is 0 Å². The summed E-state index contributed by atoms with van der Waals surface area (Å²) in [6, 6.07) is 6.20. The van der Waals surface area contributed by atoms with Crippen LogP contribution in [0, 0.1) is 11.7 Å². The molecule has 1 aromatic rings. The van der Waals surface area contributed by atoms with E-state index in [0.717, 1.165) is 12.8 Å². The molecule has 2 heteroatoms. The first-order valence-electron chi connectivity index (χ1n) is 4.21. The fraction of sp³-hybridized carbons (Fsp3) is 0.400. The molecule has 0 amide bonds. The van der Waals surface area contributed by atoms with Gasteiger partial charge in [-0.1, -0.05) is 12.1 Å². The second-order valence-corrected chi connectivity index (χ2v) is 3.34. The van der Waals surface area contributed by atoms with Crippen LogP contribution < -0.4 is 0 Å². The number of hydrogen-bond acceptors (Lipinski definition) is 1. The van der Waals surface area contributed by atoms with E-state index < -0.39 is 6.10 Å². The smallest absolute Gasteiger partial charge is 0.123 e. The molecule has 1 aromatic carbocycles. The van der Waals surface area contributed by atoms with Gasteiger partial charge in [-0.05, 0) is 36.5 Å². The molecular weight excluding hydrogens is 155 g/mol. The summed E-state index contributed by atoms with van der Waals surface area (Å²) in [6.45, 7) is 0. The van der Waals surface area contributed by atoms with Crippen LogP contribution in [0.2, 0.25) is 0 Å². The molecule has 0 spiro atoms. The fourth-order valence-electron chi connectivity index (χ4n) is 1.37. The molecule has 0 heterocycles. The average Bonchev–Trinajstić information content (AvgIpc) is 2.85. The Labute approximate surface area is 70.8 Å². The van der Waals surface area contributed by atoms with Crippen molar-refractivity contribution in [1.29, 1.82) is 0 Å². The molecule has 1 saturated carbocycles. The Bertz CT molecular complexity index is 281. The molecule has 0 aliphatic heterocycles. The first-order valence-corrected chi connectivity index (χ1v) is 4.21. The van der Waals surface area contributed by atoms with Crippen LogP contribution >= 0.6 is 0 Å². The lowest BCUT2D eigenvalue weighted by atomic mass is 10.1. The van der Waals surface area contributed by atoms with Crippen LogP contribution in [0.5, 0.6) is 0 Å². The van der Waals surface area contributed by atoms with Crippen molar-refractivity contribution in [2.75, 3.05) is 0 Å². The van der Waals surface area contributed by atoms with Crippen LogP contribution in [0.15, 0.2) is 24.3 Å². The van der Waals surface area contributed by atoms with Crippen molar-refractivity contribution in [2.45, 2.75) is 18.9 Å². The second kappa shape index (κ2) is 2.87. The molecule has 0 aromatic heterocycles. The number of halogens is 1. The van der Waals surface area contributed by atoms with E-state index >= 15 is 0 Å². The number of benzene rings is 1. The van der Waals surface area contributed by atoms with Gasteiger partial charge in [-0.3, -0.25) is 0 Å². The molecule has 0 saturated heterocycles. The zero-order valence-corrected chi connectivity index (χ0v) is 6.70. The minimum absolute atomic E-state index is 0.271. The summed E-state index contributed by atoms with van der Waals surface area (Å²) in [5.74, 6) is 0.0963. The van der Waals surface area contributed by atoms with E-state index in [2.05, 4.69) is 0 Å². The van der Waals surface area contributed by atoms with E-state index in [9.17, 15) is 9.50 Å². The van der Waals surface area contributed by atoms with E-state index in [1.165, 1.54) is 12.1 Å². The highest BCUT2D eigenvalue weighted by molar-refractivity contribution is 5.20. The van der Waals surface area contributed by atoms with Crippen molar-refractivity contribution in [3.63, 3.8) is 0 Å². The first-order chi connectivity index (χ1) is 5.77. The molecule has 2 rings (SSSR count). The molecular formula is C10H11FO. The summed E-state index contributed by atoms with van der Waals surface area (Å²) < 4.78 is 12.7. The molecule has 0 unspecified atom stereocenters. The molecule has 0 bridgehead atoms. The number of rotatable bonds is 2. The van der Waals surface area contributed by atoms with Gasteiger partial charge >= 0.3 is 0 Å². The van der Waals surface area contributed by atoms with Crippen LogP contribution in [0.25, 0.3) is 0 Å². The highest BCUT2D eigenvalue weighted by atomic mass is 19.1. The van der Waals surface area contributed by atoms with Gasteiger partial charge in [0, 0.05) is 0 Å². The Kier molecular flexibility index (Phi) is 1.85. The third kappa shape index (κ3) is 1.48. The van der Waals surface area contributed by atoms with Gasteiger partial charge in [0.1, 0.15) is 5.82 Å². The monoisotopic (exact) mass is 166 g/mol. The second-order valence-electron chi connectivity index (χ2n) is 3.34. The Hall–Kier alpha value is -0.890. The molecule has 1 nitrogen and oxygen atoms in total. The van der Waals surface area contributed by atoms with E-state index in [4.69, 9.17) is 0 Å². The molecule has 64 valence electrons. The van der Waals surface area contributed by atoms with E-state index in [1.54, 1.807) is 12.1 Å². The Morgan fingerprint density at radius 3 is 2.75 bits per heavy atom. The van der Waals surface area contributed by atoms with Crippen LogP contribution in [-0.2, 0) is 0 Å². The summed E-state index contributed by atoms with van der Waals surface area (Å²) in [5.41, 5.74) is 0.706. The third-order valence-electron chi connectivity index (χ3n) is 2.26. The van der Waals surface area contributed by atoms with Gasteiger partial charge in [0.2, 0.25) is 0 Å². The number of hydrogen-bond donors (Lipinski definition) is 1. The summed E-state index contributed by atoms with van der Waals surface area (Å²) in [4.78, 5) is 0. The van der Waals surface area contributed by atoms with Crippen LogP contribution in [0.1, 0.15) is 24.5 Å². The lowest BCUT2D eigenvalue weighted by molar-refractivity contribution is 0.153. The minimum atomic E-state index is -0.458. The Morgan fingerprint density at radius 1 is 1.42 bits per heavy atom. The van der Waals surface area contributed by atoms with Crippen LogP contribution in [-0.4, -0.2) is 5.11 Å². The Balaban J connectivity index is 2.20. The number of aliphatic hydroxyl groups excluding tert-OH is 1. The maximum Gasteiger partial charge on any atom is 0.123 e. The quantitative estimate of drug-likeness (QED) is 0.714. The highest BCUT2D eigenvalue weighted by Gasteiger charge is 2.30. The van der Waals surface area contributed by atoms with Gasteiger partial charge in [-0.2, -0.15) is 0 Å². The maximum absolute atomic E-state index is 12.7. The van der Waals surface area contributed by atoms with Crippen LogP contribution in [0.4, 0.5) is 4.39 Å². The summed E-state index contributed by atoms with van der Waals surface area (Å²) in [5, 5.41) is 9.62. The topological polar surface area (TPSA) is 20.2 Å². The van der Waals surface area contributed by atoms with Gasteiger partial charge in [-0.15, -0.1) is 0 Å². The molecule has 1 atom stereocenters. The molecule has 12 heavy (non-hydrogen) atoms. The molecule has 1 aliphatic carbocycles. The maximum atomic E-state index is 12.7. The summed E-state index contributed by atoms with van der Waals surface area (Å²) in [6.07, 6.45) is 1.68. The lowest BCUT2D eigenvalue weighted by Crippen LogP contribution is -1.99. The van der Waals surface area contributed by atoms with E-state index in [0.29, 0.717) is 11.5 Å². The summed E-state index contributed by atoms with van der Waals surface area (Å²) >= 11 is 0. The number of aliphatic hydroxyl groups is 1. The van der Waals surface area contributed by atoms with Crippen molar-refractivity contribution in [1.82, 2.24) is 0 Å². The fourth-order valence-corrected chi connectivity index (χ4v) is 1.37. The normalized spacial score (nSPS) is 19.2. The summed E-state index contributed by atoms with van der Waals surface area (Å²) in [7, 11) is 0. The molecule has 1 fully saturated rings. The van der Waals surface area contributed by atoms with Crippen molar-refractivity contribution in [3.05, 3.63) is 35.6 Å². The highest BCUT2D eigenvalue weighted by Crippen LogP contribution is 2.40. The van der Waals surface area contributed by atoms with Crippen molar-refractivity contribution in [2.24, 2.45) is 5.92 Å². The van der Waals surface area contributed by atoms with E-state index in [-0.39, 0.29) is 5.82 Å². The Morgan fingerprint density at radius 2 is 2.17 bits per heavy atom. The predicted octanol–water partition coefficient (Wildman–Crippen LogP) is 2.27. The predicted molar refractivity (Wildman–Crippen MR) is 44.1 cm³/mol. The van der Waals surface area contributed by atoms with E-state index in [1.807, 2.05) is 0 Å². The molecule has 1 aliphatic rings. The molecule has 0 radical (unpaired) electrons. The SMILES string of the molecule is O[C@@H](c1cccc(F)c1)C1CC1. The zero-order chi connectivity index (χ0) is 8.55. The minimum Gasteiger partial charge on any atom is -0.388 e. The van der Waals surface area contributed by atoms with Gasteiger partial charge in [-0.25, -0.2) is 4.39 Å². The lowest BCUT2D eigenvalue weighted by Gasteiger charge is -2.08. The molecule has 1 N–H and O–H groups in total.